The van der Waals surface area contributed by atoms with Crippen molar-refractivity contribution in [2.45, 2.75) is 38.6 Å². The highest BCUT2D eigenvalue weighted by molar-refractivity contribution is 5.83. The molecule has 0 spiro atoms. The third-order valence-electron chi connectivity index (χ3n) is 2.12. The summed E-state index contributed by atoms with van der Waals surface area (Å²) >= 11 is 0. The van der Waals surface area contributed by atoms with Gasteiger partial charge in [-0.1, -0.05) is 6.92 Å². The van der Waals surface area contributed by atoms with Gasteiger partial charge < -0.3 is 15.7 Å². The summed E-state index contributed by atoms with van der Waals surface area (Å²) in [7, 11) is 1.85. The van der Waals surface area contributed by atoms with Crippen LogP contribution in [0.1, 0.15) is 32.6 Å². The van der Waals surface area contributed by atoms with Crippen molar-refractivity contribution in [3.8, 4) is 0 Å². The second-order valence-electron chi connectivity index (χ2n) is 3.41. The molecule has 0 aromatic carbocycles. The Morgan fingerprint density at radius 1 is 1.33 bits per heavy atom. The maximum atomic E-state index is 11.0. The van der Waals surface area contributed by atoms with Gasteiger partial charge in [-0.25, -0.2) is 4.79 Å². The van der Waals surface area contributed by atoms with E-state index in [-0.39, 0.29) is 5.91 Å². The molecule has 0 bridgehead atoms. The lowest BCUT2D eigenvalue weighted by molar-refractivity contribution is -0.142. The van der Waals surface area contributed by atoms with E-state index in [0.717, 1.165) is 19.4 Å². The van der Waals surface area contributed by atoms with Crippen LogP contribution in [0.5, 0.6) is 0 Å². The summed E-state index contributed by atoms with van der Waals surface area (Å²) in [6.07, 6.45) is 2.52. The highest BCUT2D eigenvalue weighted by atomic mass is 16.4. The van der Waals surface area contributed by atoms with Gasteiger partial charge in [0.15, 0.2) is 0 Å². The number of carbonyl (C=O) groups excluding carboxylic acids is 1. The molecule has 0 fully saturated rings. The minimum absolute atomic E-state index is 0.212. The fourth-order valence-corrected chi connectivity index (χ4v) is 1.20. The summed E-state index contributed by atoms with van der Waals surface area (Å²) in [6, 6.07) is -0.741. The molecule has 0 aliphatic heterocycles. The van der Waals surface area contributed by atoms with Gasteiger partial charge in [-0.2, -0.15) is 0 Å². The predicted octanol–water partition coefficient (Wildman–Crippen LogP) is 0.355. The van der Waals surface area contributed by atoms with Crippen LogP contribution in [0, 0.1) is 0 Å². The molecule has 0 heterocycles. The Bertz CT molecular complexity index is 207. The van der Waals surface area contributed by atoms with Crippen LogP contribution in [0.25, 0.3) is 0 Å². The molecular formula is C10H20N2O3. The number of hydrogen-bond acceptors (Lipinski definition) is 3. The first-order chi connectivity index (χ1) is 7.11. The largest absolute Gasteiger partial charge is 0.480 e. The minimum Gasteiger partial charge on any atom is -0.480 e. The SMILES string of the molecule is CCC(=O)N[C@@H](CCCCNC)C(=O)O. The number of amides is 1. The zero-order chi connectivity index (χ0) is 11.7. The van der Waals surface area contributed by atoms with E-state index in [9.17, 15) is 9.59 Å². The fourth-order valence-electron chi connectivity index (χ4n) is 1.20. The average Bonchev–Trinajstić information content (AvgIpc) is 2.21. The average molecular weight is 216 g/mol. The first kappa shape index (κ1) is 13.9. The molecular weight excluding hydrogens is 196 g/mol. The maximum Gasteiger partial charge on any atom is 0.326 e. The number of unbranched alkanes of at least 4 members (excludes halogenated alkanes) is 1. The standard InChI is InChI=1S/C10H20N2O3/c1-3-9(13)12-8(10(14)15)6-4-5-7-11-2/h8,11H,3-7H2,1-2H3,(H,12,13)(H,14,15)/t8-/m0/s1. The Labute approximate surface area is 90.2 Å². The van der Waals surface area contributed by atoms with Gasteiger partial charge >= 0.3 is 5.97 Å². The number of carbonyl (C=O) groups is 2. The van der Waals surface area contributed by atoms with E-state index in [4.69, 9.17) is 5.11 Å². The maximum absolute atomic E-state index is 11.0. The molecule has 0 aliphatic rings. The first-order valence-corrected chi connectivity index (χ1v) is 5.28. The monoisotopic (exact) mass is 216 g/mol. The van der Waals surface area contributed by atoms with E-state index in [2.05, 4.69) is 10.6 Å². The van der Waals surface area contributed by atoms with Crippen molar-refractivity contribution in [1.29, 1.82) is 0 Å². The molecule has 88 valence electrons. The van der Waals surface area contributed by atoms with Gasteiger partial charge in [-0.05, 0) is 32.9 Å². The molecule has 0 saturated carbocycles. The van der Waals surface area contributed by atoms with Gasteiger partial charge in [0.1, 0.15) is 6.04 Å². The lowest BCUT2D eigenvalue weighted by Crippen LogP contribution is -2.40. The van der Waals surface area contributed by atoms with E-state index in [0.29, 0.717) is 12.8 Å². The zero-order valence-electron chi connectivity index (χ0n) is 9.38. The fraction of sp³-hybridized carbons (Fsp3) is 0.800. The van der Waals surface area contributed by atoms with Crippen LogP contribution in [0.2, 0.25) is 0 Å². The Morgan fingerprint density at radius 3 is 2.47 bits per heavy atom. The molecule has 0 aromatic rings. The molecule has 1 amide bonds. The summed E-state index contributed by atoms with van der Waals surface area (Å²) in [5, 5.41) is 14.3. The van der Waals surface area contributed by atoms with Crippen LogP contribution >= 0.6 is 0 Å². The molecule has 3 N–H and O–H groups in total. The van der Waals surface area contributed by atoms with E-state index in [1.165, 1.54) is 0 Å². The molecule has 0 unspecified atom stereocenters. The predicted molar refractivity (Wildman–Crippen MR) is 57.6 cm³/mol. The second-order valence-corrected chi connectivity index (χ2v) is 3.41. The van der Waals surface area contributed by atoms with E-state index < -0.39 is 12.0 Å². The lowest BCUT2D eigenvalue weighted by atomic mass is 10.1. The number of carboxylic acids is 1. The quantitative estimate of drug-likeness (QED) is 0.512. The van der Waals surface area contributed by atoms with E-state index in [1.807, 2.05) is 7.05 Å². The smallest absolute Gasteiger partial charge is 0.326 e. The van der Waals surface area contributed by atoms with Gasteiger partial charge in [-0.15, -0.1) is 0 Å². The van der Waals surface area contributed by atoms with Gasteiger partial charge in [-0.3, -0.25) is 4.79 Å². The lowest BCUT2D eigenvalue weighted by Gasteiger charge is -2.13. The molecule has 1 atom stereocenters. The number of hydrogen-bond donors (Lipinski definition) is 3. The number of carboxylic acid groups (broad SMARTS) is 1. The van der Waals surface area contributed by atoms with Crippen molar-refractivity contribution >= 4 is 11.9 Å². The molecule has 0 rings (SSSR count). The zero-order valence-corrected chi connectivity index (χ0v) is 9.38. The summed E-state index contributed by atoms with van der Waals surface area (Å²) in [5.74, 6) is -1.17. The van der Waals surface area contributed by atoms with Crippen LogP contribution in [0.15, 0.2) is 0 Å². The molecule has 5 nitrogen and oxygen atoms in total. The van der Waals surface area contributed by atoms with Crippen LogP contribution in [0.4, 0.5) is 0 Å². The highest BCUT2D eigenvalue weighted by Gasteiger charge is 2.18. The summed E-state index contributed by atoms with van der Waals surface area (Å²) < 4.78 is 0. The molecule has 0 radical (unpaired) electrons. The van der Waals surface area contributed by atoms with Gasteiger partial charge in [0.2, 0.25) is 5.91 Å². The summed E-state index contributed by atoms with van der Waals surface area (Å²) in [4.78, 5) is 21.8. The molecule has 0 aliphatic carbocycles. The van der Waals surface area contributed by atoms with Crippen LogP contribution in [-0.4, -0.2) is 36.6 Å². The van der Waals surface area contributed by atoms with Crippen molar-refractivity contribution < 1.29 is 14.7 Å². The Kier molecular flexibility index (Phi) is 7.62. The summed E-state index contributed by atoms with van der Waals surface area (Å²) in [5.41, 5.74) is 0. The Hall–Kier alpha value is -1.10. The highest BCUT2D eigenvalue weighted by Crippen LogP contribution is 2.01. The molecule has 5 heteroatoms. The third kappa shape index (κ3) is 6.90. The third-order valence-corrected chi connectivity index (χ3v) is 2.12. The first-order valence-electron chi connectivity index (χ1n) is 5.28. The van der Waals surface area contributed by atoms with Gasteiger partial charge in [0.05, 0.1) is 0 Å². The van der Waals surface area contributed by atoms with Crippen molar-refractivity contribution in [3.63, 3.8) is 0 Å². The van der Waals surface area contributed by atoms with Gasteiger partial charge in [0, 0.05) is 6.42 Å². The van der Waals surface area contributed by atoms with Crippen molar-refractivity contribution in [2.24, 2.45) is 0 Å². The van der Waals surface area contributed by atoms with Crippen molar-refractivity contribution in [2.75, 3.05) is 13.6 Å². The summed E-state index contributed by atoms with van der Waals surface area (Å²) in [6.45, 7) is 2.57. The Morgan fingerprint density at radius 2 is 2.00 bits per heavy atom. The van der Waals surface area contributed by atoms with Crippen LogP contribution in [-0.2, 0) is 9.59 Å². The molecule has 0 aromatic heterocycles. The number of aliphatic carboxylic acids is 1. The second kappa shape index (κ2) is 8.23. The Balaban J connectivity index is 3.84. The van der Waals surface area contributed by atoms with Crippen LogP contribution in [0.3, 0.4) is 0 Å². The molecule has 15 heavy (non-hydrogen) atoms. The van der Waals surface area contributed by atoms with E-state index >= 15 is 0 Å². The van der Waals surface area contributed by atoms with Crippen molar-refractivity contribution in [3.05, 3.63) is 0 Å². The molecule has 0 saturated heterocycles. The van der Waals surface area contributed by atoms with Crippen molar-refractivity contribution in [1.82, 2.24) is 10.6 Å². The number of nitrogens with one attached hydrogen (secondary N) is 2. The number of rotatable bonds is 8. The van der Waals surface area contributed by atoms with Crippen LogP contribution < -0.4 is 10.6 Å². The van der Waals surface area contributed by atoms with Gasteiger partial charge in [0.25, 0.3) is 0 Å². The minimum atomic E-state index is -0.957. The normalized spacial score (nSPS) is 12.1. The topological polar surface area (TPSA) is 78.4 Å². The van der Waals surface area contributed by atoms with E-state index in [1.54, 1.807) is 6.92 Å².